The molecule has 2 aromatic heterocycles. The van der Waals surface area contributed by atoms with Crippen molar-refractivity contribution in [1.82, 2.24) is 9.55 Å². The van der Waals surface area contributed by atoms with Crippen LogP contribution in [-0.4, -0.2) is 34.5 Å². The molecule has 6 nitrogen and oxygen atoms in total. The molecule has 0 saturated heterocycles. The number of benzene rings is 1. The number of anilines is 1. The van der Waals surface area contributed by atoms with E-state index >= 15 is 0 Å². The normalized spacial score (nSPS) is 11.7. The van der Waals surface area contributed by atoms with Gasteiger partial charge in [-0.05, 0) is 77.4 Å². The van der Waals surface area contributed by atoms with Gasteiger partial charge in [-0.1, -0.05) is 0 Å². The van der Waals surface area contributed by atoms with Crippen LogP contribution >= 0.6 is 0 Å². The molecule has 0 aliphatic carbocycles. The predicted molar refractivity (Wildman–Crippen MR) is 125 cm³/mol. The van der Waals surface area contributed by atoms with Gasteiger partial charge in [0, 0.05) is 36.1 Å². The molecule has 0 atom stereocenters. The van der Waals surface area contributed by atoms with Crippen molar-refractivity contribution in [2.75, 3.05) is 18.1 Å². The fourth-order valence-corrected chi connectivity index (χ4v) is 3.71. The fraction of sp³-hybridized carbons (Fsp3) is 0.440. The third-order valence-corrected chi connectivity index (χ3v) is 5.34. The van der Waals surface area contributed by atoms with Crippen molar-refractivity contribution in [2.24, 2.45) is 0 Å². The molecule has 0 fully saturated rings. The molecule has 2 heterocycles. The molecule has 0 unspecified atom stereocenters. The number of rotatable bonds is 7. The summed E-state index contributed by atoms with van der Waals surface area (Å²) in [5.74, 6) is -0.367. The summed E-state index contributed by atoms with van der Waals surface area (Å²) in [7, 11) is 0. The standard InChI is InChI=1S/C25H32FN3O3/c1-7-31-15-14-28-18(3)17(2)21-12-13-27-22(23(21)28)16-29(24(30)32-25(4,5)6)20-10-8-19(26)9-11-20/h8-13H,7,14-16H2,1-6H3. The highest BCUT2D eigenvalue weighted by molar-refractivity contribution is 5.90. The lowest BCUT2D eigenvalue weighted by atomic mass is 10.1. The highest BCUT2D eigenvalue weighted by Crippen LogP contribution is 2.29. The molecule has 172 valence electrons. The highest BCUT2D eigenvalue weighted by Gasteiger charge is 2.26. The number of halogens is 1. The van der Waals surface area contributed by atoms with E-state index in [0.717, 1.165) is 22.3 Å². The van der Waals surface area contributed by atoms with Gasteiger partial charge in [0.15, 0.2) is 0 Å². The highest BCUT2D eigenvalue weighted by atomic mass is 19.1. The van der Waals surface area contributed by atoms with Crippen LogP contribution in [0.15, 0.2) is 36.5 Å². The molecule has 0 bridgehead atoms. The number of aryl methyl sites for hydroxylation is 1. The summed E-state index contributed by atoms with van der Waals surface area (Å²) in [4.78, 5) is 19.2. The summed E-state index contributed by atoms with van der Waals surface area (Å²) in [6.07, 6.45) is 1.25. The monoisotopic (exact) mass is 441 g/mol. The van der Waals surface area contributed by atoms with E-state index in [-0.39, 0.29) is 12.4 Å². The van der Waals surface area contributed by atoms with Crippen molar-refractivity contribution in [3.63, 3.8) is 0 Å². The average molecular weight is 442 g/mol. The Morgan fingerprint density at radius 2 is 1.84 bits per heavy atom. The Kier molecular flexibility index (Phi) is 7.19. The molecule has 7 heteroatoms. The third-order valence-electron chi connectivity index (χ3n) is 5.34. The maximum absolute atomic E-state index is 13.5. The zero-order valence-corrected chi connectivity index (χ0v) is 19.7. The first-order valence-electron chi connectivity index (χ1n) is 10.9. The maximum atomic E-state index is 13.5. The van der Waals surface area contributed by atoms with Gasteiger partial charge in [-0.3, -0.25) is 9.88 Å². The van der Waals surface area contributed by atoms with Crippen LogP contribution in [0.5, 0.6) is 0 Å². The van der Waals surface area contributed by atoms with Gasteiger partial charge in [0.1, 0.15) is 11.4 Å². The van der Waals surface area contributed by atoms with E-state index in [4.69, 9.17) is 9.47 Å². The van der Waals surface area contributed by atoms with E-state index in [0.29, 0.717) is 25.4 Å². The molecule has 0 radical (unpaired) electrons. The van der Waals surface area contributed by atoms with Crippen LogP contribution in [0.3, 0.4) is 0 Å². The average Bonchev–Trinajstić information content (AvgIpc) is 2.97. The quantitative estimate of drug-likeness (QED) is 0.437. The van der Waals surface area contributed by atoms with Crippen molar-refractivity contribution in [2.45, 2.75) is 60.2 Å². The van der Waals surface area contributed by atoms with E-state index in [1.807, 2.05) is 33.8 Å². The first-order chi connectivity index (χ1) is 15.1. The molecule has 0 spiro atoms. The summed E-state index contributed by atoms with van der Waals surface area (Å²) >= 11 is 0. The van der Waals surface area contributed by atoms with Crippen LogP contribution in [-0.2, 0) is 22.6 Å². The van der Waals surface area contributed by atoms with Crippen LogP contribution in [0.2, 0.25) is 0 Å². The lowest BCUT2D eigenvalue weighted by molar-refractivity contribution is 0.0577. The summed E-state index contributed by atoms with van der Waals surface area (Å²) in [5, 5.41) is 1.09. The van der Waals surface area contributed by atoms with Crippen LogP contribution in [0.25, 0.3) is 10.9 Å². The van der Waals surface area contributed by atoms with Gasteiger partial charge in [-0.15, -0.1) is 0 Å². The Bertz CT molecular complexity index is 1080. The van der Waals surface area contributed by atoms with Gasteiger partial charge in [-0.25, -0.2) is 9.18 Å². The largest absolute Gasteiger partial charge is 0.443 e. The van der Waals surface area contributed by atoms with Gasteiger partial charge in [-0.2, -0.15) is 0 Å². The van der Waals surface area contributed by atoms with E-state index in [9.17, 15) is 9.18 Å². The number of carbonyl (C=O) groups is 1. The molecule has 3 aromatic rings. The lowest BCUT2D eigenvalue weighted by Crippen LogP contribution is -2.36. The summed E-state index contributed by atoms with van der Waals surface area (Å²) < 4.78 is 27.0. The van der Waals surface area contributed by atoms with Gasteiger partial charge >= 0.3 is 6.09 Å². The smallest absolute Gasteiger partial charge is 0.415 e. The molecule has 32 heavy (non-hydrogen) atoms. The minimum Gasteiger partial charge on any atom is -0.443 e. The van der Waals surface area contributed by atoms with Gasteiger partial charge in [0.25, 0.3) is 0 Å². The number of aromatic nitrogens is 2. The molecule has 0 N–H and O–H groups in total. The van der Waals surface area contributed by atoms with Crippen molar-refractivity contribution in [3.8, 4) is 0 Å². The molecule has 3 rings (SSSR count). The number of pyridine rings is 1. The van der Waals surface area contributed by atoms with Gasteiger partial charge < -0.3 is 14.0 Å². The maximum Gasteiger partial charge on any atom is 0.415 e. The van der Waals surface area contributed by atoms with Crippen LogP contribution in [0, 0.1) is 19.7 Å². The van der Waals surface area contributed by atoms with Crippen LogP contribution < -0.4 is 4.90 Å². The fourth-order valence-electron chi connectivity index (χ4n) is 3.71. The zero-order valence-electron chi connectivity index (χ0n) is 19.7. The summed E-state index contributed by atoms with van der Waals surface area (Å²) in [6, 6.07) is 7.81. The lowest BCUT2D eigenvalue weighted by Gasteiger charge is -2.27. The second-order valence-electron chi connectivity index (χ2n) is 8.76. The SMILES string of the molecule is CCOCCn1c(C)c(C)c2ccnc(CN(C(=O)OC(C)(C)C)c3ccc(F)cc3)c21. The molecular weight excluding hydrogens is 409 g/mol. The second kappa shape index (κ2) is 9.69. The number of amides is 1. The molecule has 0 saturated carbocycles. The van der Waals surface area contributed by atoms with Crippen LogP contribution in [0.1, 0.15) is 44.6 Å². The Morgan fingerprint density at radius 1 is 1.16 bits per heavy atom. The van der Waals surface area contributed by atoms with Crippen molar-refractivity contribution >= 4 is 22.7 Å². The third kappa shape index (κ3) is 5.27. The van der Waals surface area contributed by atoms with E-state index in [2.05, 4.69) is 23.4 Å². The van der Waals surface area contributed by atoms with Crippen molar-refractivity contribution in [1.29, 1.82) is 0 Å². The first-order valence-corrected chi connectivity index (χ1v) is 10.9. The van der Waals surface area contributed by atoms with Crippen molar-refractivity contribution in [3.05, 3.63) is 59.3 Å². The number of fused-ring (bicyclic) bond motifs is 1. The number of hydrogen-bond donors (Lipinski definition) is 0. The molecule has 0 aliphatic rings. The Morgan fingerprint density at radius 3 is 2.47 bits per heavy atom. The Hall–Kier alpha value is -2.93. The van der Waals surface area contributed by atoms with Gasteiger partial charge in [0.2, 0.25) is 0 Å². The van der Waals surface area contributed by atoms with Crippen molar-refractivity contribution < 1.29 is 18.7 Å². The molecule has 1 aromatic carbocycles. The zero-order chi connectivity index (χ0) is 23.5. The van der Waals surface area contributed by atoms with E-state index < -0.39 is 11.7 Å². The predicted octanol–water partition coefficient (Wildman–Crippen LogP) is 5.77. The number of nitrogens with zero attached hydrogens (tertiary/aromatic N) is 3. The molecule has 0 aliphatic heterocycles. The summed E-state index contributed by atoms with van der Waals surface area (Å²) in [6.45, 7) is 13.7. The molecular formula is C25H32FN3O3. The first kappa shape index (κ1) is 23.7. The topological polar surface area (TPSA) is 56.6 Å². The minimum absolute atomic E-state index is 0.190. The minimum atomic E-state index is -0.667. The Balaban J connectivity index is 2.07. The Labute approximate surface area is 189 Å². The van der Waals surface area contributed by atoms with Crippen LogP contribution in [0.4, 0.5) is 14.9 Å². The van der Waals surface area contributed by atoms with Gasteiger partial charge in [0.05, 0.1) is 24.4 Å². The molecule has 1 amide bonds. The second-order valence-corrected chi connectivity index (χ2v) is 8.76. The van der Waals surface area contributed by atoms with E-state index in [1.54, 1.807) is 18.3 Å². The number of hydrogen-bond acceptors (Lipinski definition) is 4. The number of carbonyl (C=O) groups excluding carboxylic acids is 1. The number of ether oxygens (including phenoxy) is 2. The van der Waals surface area contributed by atoms with E-state index in [1.165, 1.54) is 22.6 Å². The summed E-state index contributed by atoms with van der Waals surface area (Å²) in [5.41, 5.74) is 3.90.